The predicted octanol–water partition coefficient (Wildman–Crippen LogP) is 8.45. The number of nitrogens with one attached hydrogen (secondary N) is 1. The van der Waals surface area contributed by atoms with Crippen LogP contribution in [0.4, 0.5) is 17.1 Å². The molecule has 1 N–H and O–H groups in total. The van der Waals surface area contributed by atoms with Gasteiger partial charge in [-0.25, -0.2) is 4.98 Å². The van der Waals surface area contributed by atoms with E-state index in [1.54, 1.807) is 38.3 Å². The number of likely N-dealkylation sites (N-methyl/N-ethyl adjacent to an activating group) is 2. The van der Waals surface area contributed by atoms with Crippen LogP contribution in [0.25, 0.3) is 11.0 Å². The minimum Gasteiger partial charge on any atom is -0.369 e. The highest BCUT2D eigenvalue weighted by Crippen LogP contribution is 2.40. The molecule has 0 amide bonds. The van der Waals surface area contributed by atoms with E-state index in [0.29, 0.717) is 34.9 Å². The maximum atomic E-state index is 12.8. The van der Waals surface area contributed by atoms with Gasteiger partial charge in [-0.15, -0.1) is 0 Å². The monoisotopic (exact) mass is 906 g/mol. The molecule has 2 aromatic carbocycles. The lowest BCUT2D eigenvalue weighted by Crippen LogP contribution is -2.44. The number of aldehydes is 1. The molecule has 0 bridgehead atoms. The van der Waals surface area contributed by atoms with Crippen molar-refractivity contribution in [3.63, 3.8) is 0 Å². The number of allylic oxidation sites excluding steroid dienone is 2. The number of carbonyl (C=O) groups is 3. The Hall–Kier alpha value is -5.31. The number of piperazine rings is 2. The predicted molar refractivity (Wildman–Crippen MR) is 260 cm³/mol. The molecule has 7 heterocycles. The van der Waals surface area contributed by atoms with Crippen molar-refractivity contribution in [1.29, 1.82) is 0 Å². The molecule has 13 nitrogen and oxygen atoms in total. The fraction of sp³-hybridized carbons (Fsp3) is 0.408. The maximum Gasteiger partial charge on any atom is 0.168 e. The molecule has 5 aromatic rings. The van der Waals surface area contributed by atoms with Crippen LogP contribution >= 0.6 is 23.2 Å². The number of anilines is 2. The Labute approximate surface area is 387 Å². The Morgan fingerprint density at radius 3 is 2.02 bits per heavy atom. The lowest BCUT2D eigenvalue weighted by molar-refractivity contribution is -0.125. The van der Waals surface area contributed by atoms with Gasteiger partial charge in [0.1, 0.15) is 22.8 Å². The van der Waals surface area contributed by atoms with Crippen molar-refractivity contribution < 1.29 is 14.4 Å². The first-order valence-electron chi connectivity index (χ1n) is 21.5. The van der Waals surface area contributed by atoms with E-state index in [1.807, 2.05) is 13.0 Å². The van der Waals surface area contributed by atoms with Crippen LogP contribution in [0, 0.1) is 13.8 Å². The van der Waals surface area contributed by atoms with Crippen LogP contribution in [0.5, 0.6) is 0 Å². The van der Waals surface area contributed by atoms with Gasteiger partial charge in [0.2, 0.25) is 0 Å². The van der Waals surface area contributed by atoms with Gasteiger partial charge in [-0.3, -0.25) is 34.2 Å². The number of pyridine rings is 2. The third-order valence-electron chi connectivity index (χ3n) is 12.4. The number of ketones is 2. The number of hydrogen-bond acceptors (Lipinski definition) is 12. The van der Waals surface area contributed by atoms with Gasteiger partial charge >= 0.3 is 0 Å². The molecule has 0 aliphatic carbocycles. The molecule has 15 heteroatoms. The minimum absolute atomic E-state index is 0. The highest BCUT2D eigenvalue weighted by Gasteiger charge is 2.37. The number of benzene rings is 2. The fourth-order valence-electron chi connectivity index (χ4n) is 8.48. The summed E-state index contributed by atoms with van der Waals surface area (Å²) in [6, 6.07) is 15.8. The number of likely N-dealkylation sites (tertiary alicyclic amines) is 1. The number of piperidine rings is 1. The molecule has 3 aromatic heterocycles. The Morgan fingerprint density at radius 2 is 1.38 bits per heavy atom. The second kappa shape index (κ2) is 21.6. The van der Waals surface area contributed by atoms with Gasteiger partial charge in [0.15, 0.2) is 12.1 Å². The molecule has 2 unspecified atom stereocenters. The molecule has 338 valence electrons. The molecule has 4 aliphatic rings. The van der Waals surface area contributed by atoms with Crippen LogP contribution in [0.3, 0.4) is 0 Å². The Kier molecular flexibility index (Phi) is 16.2. The van der Waals surface area contributed by atoms with E-state index in [4.69, 9.17) is 28.2 Å². The SMILES string of the molecule is C.CC(=O)/C=C/C1=Nc2cccc(N3CCN(C)CC3)c2C1.Cc1c(Cl)ccnc1C1CC(=O)CC(c2nc3c(N4CCN(C)CC4)cccc3[nH]2)N1C.Cc1c(Cl)ccnc1C=O. The number of carbonyl (C=O) groups excluding carboxylic acids is 3. The lowest BCUT2D eigenvalue weighted by Gasteiger charge is -2.38. The van der Waals surface area contributed by atoms with E-state index in [1.165, 1.54) is 17.4 Å². The van der Waals surface area contributed by atoms with Gasteiger partial charge in [0.05, 0.1) is 34.7 Å². The van der Waals surface area contributed by atoms with E-state index in [2.05, 4.69) is 102 Å². The van der Waals surface area contributed by atoms with E-state index < -0.39 is 0 Å². The van der Waals surface area contributed by atoms with E-state index in [-0.39, 0.29) is 31.1 Å². The lowest BCUT2D eigenvalue weighted by atomic mass is 9.91. The summed E-state index contributed by atoms with van der Waals surface area (Å²) in [5.41, 5.74) is 10.7. The number of nitrogens with zero attached hydrogens (tertiary/aromatic N) is 9. The molecule has 64 heavy (non-hydrogen) atoms. The standard InChI is InChI=1S/C24H29ClN6O.C17H21N3O.C7H6ClNO.CH4/c1-15-17(25)7-8-26-22(15)20-13-16(32)14-21(30(20)3)24-27-18-5-4-6-19(23(18)28-24)31-11-9-29(2)10-12-31;1-13(21)6-7-14-12-15-16(18-14)4-3-5-17(15)20-10-8-19(2)9-11-20;1-5-6(8)2-3-9-7(5)4-10;/h4-8,20-21H,9-14H2,1-3H3,(H,27,28);3-7H,8-12H2,1-2H3;2-4H,1H3;1H4/b;7-6+;;. The molecule has 0 saturated carbocycles. The van der Waals surface area contributed by atoms with Crippen molar-refractivity contribution in [3.05, 3.63) is 117 Å². The van der Waals surface area contributed by atoms with Crippen LogP contribution in [-0.4, -0.2) is 132 Å². The highest BCUT2D eigenvalue weighted by molar-refractivity contribution is 6.31. The summed E-state index contributed by atoms with van der Waals surface area (Å²) < 4.78 is 0. The summed E-state index contributed by atoms with van der Waals surface area (Å²) in [7, 11) is 6.38. The first-order chi connectivity index (χ1) is 30.3. The summed E-state index contributed by atoms with van der Waals surface area (Å²) in [6.07, 6.45) is 9.07. The van der Waals surface area contributed by atoms with Crippen molar-refractivity contribution in [2.24, 2.45) is 4.99 Å². The molecule has 3 saturated heterocycles. The molecular formula is C49H60Cl2N10O3. The van der Waals surface area contributed by atoms with Crippen LogP contribution in [0.2, 0.25) is 10.0 Å². The van der Waals surface area contributed by atoms with Crippen LogP contribution in [-0.2, 0) is 16.0 Å². The quantitative estimate of drug-likeness (QED) is 0.125. The van der Waals surface area contributed by atoms with Crippen molar-refractivity contribution in [1.82, 2.24) is 34.6 Å². The Balaban J connectivity index is 0.000000182. The molecular weight excluding hydrogens is 848 g/mol. The minimum atomic E-state index is -0.130. The Bertz CT molecular complexity index is 2520. The molecule has 9 rings (SSSR count). The van der Waals surface area contributed by atoms with Gasteiger partial charge < -0.3 is 24.6 Å². The Morgan fingerprint density at radius 1 is 0.781 bits per heavy atom. The van der Waals surface area contributed by atoms with Gasteiger partial charge in [-0.1, -0.05) is 42.8 Å². The summed E-state index contributed by atoms with van der Waals surface area (Å²) in [6.45, 7) is 13.7. The number of fused-ring (bicyclic) bond motifs is 2. The van der Waals surface area contributed by atoms with E-state index >= 15 is 0 Å². The van der Waals surface area contributed by atoms with Crippen molar-refractivity contribution in [2.45, 2.75) is 59.5 Å². The number of Topliss-reactive ketones (excluding diaryl/α,β-unsaturated/α-hetero) is 1. The van der Waals surface area contributed by atoms with Crippen LogP contribution in [0.1, 0.15) is 78.0 Å². The fourth-order valence-corrected chi connectivity index (χ4v) is 8.79. The summed E-state index contributed by atoms with van der Waals surface area (Å²) in [4.78, 5) is 67.5. The highest BCUT2D eigenvalue weighted by atomic mass is 35.5. The zero-order chi connectivity index (χ0) is 44.8. The van der Waals surface area contributed by atoms with Crippen molar-refractivity contribution in [3.8, 4) is 0 Å². The van der Waals surface area contributed by atoms with Crippen LogP contribution < -0.4 is 9.80 Å². The first-order valence-corrected chi connectivity index (χ1v) is 22.2. The smallest absolute Gasteiger partial charge is 0.168 e. The maximum absolute atomic E-state index is 12.8. The van der Waals surface area contributed by atoms with Gasteiger partial charge in [0, 0.05) is 111 Å². The number of aromatic nitrogens is 4. The number of H-pyrrole nitrogens is 1. The molecule has 4 aliphatic heterocycles. The van der Waals surface area contributed by atoms with E-state index in [0.717, 1.165) is 110 Å². The number of para-hydroxylation sites is 1. The summed E-state index contributed by atoms with van der Waals surface area (Å²) in [5, 5.41) is 1.26. The molecule has 0 radical (unpaired) electrons. The number of aromatic amines is 1. The third kappa shape index (κ3) is 11.1. The summed E-state index contributed by atoms with van der Waals surface area (Å²) >= 11 is 12.0. The topological polar surface area (TPSA) is 134 Å². The van der Waals surface area contributed by atoms with Crippen LogP contribution in [0.15, 0.2) is 78.1 Å². The van der Waals surface area contributed by atoms with E-state index in [9.17, 15) is 14.4 Å². The van der Waals surface area contributed by atoms with Gasteiger partial charge in [0.25, 0.3) is 0 Å². The summed E-state index contributed by atoms with van der Waals surface area (Å²) in [5.74, 6) is 1.12. The van der Waals surface area contributed by atoms with Crippen molar-refractivity contribution in [2.75, 3.05) is 83.3 Å². The number of aliphatic imine (C=N–C) groups is 1. The number of hydrogen-bond donors (Lipinski definition) is 1. The average molecular weight is 908 g/mol. The first kappa shape index (κ1) is 48.2. The number of imidazole rings is 1. The zero-order valence-corrected chi connectivity index (χ0v) is 38.5. The second-order valence-electron chi connectivity index (χ2n) is 16.7. The molecule has 3 fully saturated rings. The van der Waals surface area contributed by atoms with Gasteiger partial charge in [-0.05, 0) is 102 Å². The number of halogens is 2. The number of rotatable bonds is 7. The molecule has 0 spiro atoms. The second-order valence-corrected chi connectivity index (χ2v) is 17.6. The van der Waals surface area contributed by atoms with Gasteiger partial charge in [-0.2, -0.15) is 0 Å². The molecule has 2 atom stereocenters. The zero-order valence-electron chi connectivity index (χ0n) is 36.9. The normalized spacial score (nSPS) is 19.3. The average Bonchev–Trinajstić information content (AvgIpc) is 3.92. The third-order valence-corrected chi connectivity index (χ3v) is 13.2. The van der Waals surface area contributed by atoms with Crippen molar-refractivity contribution >= 4 is 74.9 Å². The largest absolute Gasteiger partial charge is 0.369 e.